The molecule has 0 bridgehead atoms. The first-order valence-corrected chi connectivity index (χ1v) is 4.78. The molecule has 0 aliphatic carbocycles. The topological polar surface area (TPSA) is 84.6 Å². The summed E-state index contributed by atoms with van der Waals surface area (Å²) in [6.07, 6.45) is 0.223. The van der Waals surface area contributed by atoms with E-state index in [9.17, 15) is 9.90 Å². The fourth-order valence-corrected chi connectivity index (χ4v) is 1.47. The maximum atomic E-state index is 10.3. The van der Waals surface area contributed by atoms with Crippen LogP contribution in [0.5, 0.6) is 5.75 Å². The lowest BCUT2D eigenvalue weighted by atomic mass is 10.1. The van der Waals surface area contributed by atoms with E-state index < -0.39 is 0 Å². The van der Waals surface area contributed by atoms with Crippen LogP contribution in [0.1, 0.15) is 11.7 Å². The third-order valence-electron chi connectivity index (χ3n) is 1.99. The van der Waals surface area contributed by atoms with E-state index in [0.29, 0.717) is 18.6 Å². The smallest absolute Gasteiger partial charge is 0.211 e. The minimum absolute atomic E-state index is 0.00498. The van der Waals surface area contributed by atoms with Crippen molar-refractivity contribution in [3.63, 3.8) is 0 Å². The molecule has 0 spiro atoms. The zero-order chi connectivity index (χ0) is 11.3. The van der Waals surface area contributed by atoms with Gasteiger partial charge in [-0.15, -0.1) is 0 Å². The minimum atomic E-state index is -0.275. The number of phenols is 1. The van der Waals surface area contributed by atoms with Crippen molar-refractivity contribution in [2.24, 2.45) is 5.73 Å². The Kier molecular flexibility index (Phi) is 4.49. The van der Waals surface area contributed by atoms with Crippen LogP contribution in [0.3, 0.4) is 0 Å². The van der Waals surface area contributed by atoms with Crippen LogP contribution in [0.15, 0.2) is 18.2 Å². The third-order valence-corrected chi connectivity index (χ3v) is 2.31. The van der Waals surface area contributed by atoms with E-state index in [1.165, 1.54) is 6.07 Å². The molecule has 0 aromatic heterocycles. The average Bonchev–Trinajstić information content (AvgIpc) is 2.25. The Balaban J connectivity index is 3.00. The molecule has 0 heterocycles. The molecule has 4 N–H and O–H groups in total. The minimum Gasteiger partial charge on any atom is -0.506 e. The molecule has 0 saturated heterocycles. The Morgan fingerprint density at radius 1 is 1.67 bits per heavy atom. The summed E-state index contributed by atoms with van der Waals surface area (Å²) in [4.78, 5) is 10.3. The highest BCUT2D eigenvalue weighted by atomic mass is 31.0. The molecule has 0 radical (unpaired) electrons. The number of rotatable bonds is 5. The summed E-state index contributed by atoms with van der Waals surface area (Å²) in [7, 11) is 2.13. The van der Waals surface area contributed by atoms with Crippen molar-refractivity contribution in [2.45, 2.75) is 6.10 Å². The number of hydrogen-bond donors (Lipinski definition) is 3. The predicted molar refractivity (Wildman–Crippen MR) is 60.4 cm³/mol. The van der Waals surface area contributed by atoms with Crippen LogP contribution in [-0.2, 0) is 9.32 Å². The first-order valence-electron chi connectivity index (χ1n) is 4.31. The van der Waals surface area contributed by atoms with Gasteiger partial charge < -0.3 is 20.7 Å². The molecule has 1 amide bonds. The summed E-state index contributed by atoms with van der Waals surface area (Å²) in [6.45, 7) is 0.314. The van der Waals surface area contributed by atoms with Gasteiger partial charge in [-0.25, -0.2) is 0 Å². The van der Waals surface area contributed by atoms with Crippen molar-refractivity contribution < 1.29 is 14.4 Å². The molecular formula is C9H13N2O3P. The molecule has 2 atom stereocenters. The Morgan fingerprint density at radius 3 is 2.93 bits per heavy atom. The number of amides is 1. The van der Waals surface area contributed by atoms with E-state index in [-0.39, 0.29) is 11.9 Å². The summed E-state index contributed by atoms with van der Waals surface area (Å²) in [5.74, 6) is 0.00498. The zero-order valence-electron chi connectivity index (χ0n) is 8.01. The monoisotopic (exact) mass is 228 g/mol. The highest BCUT2D eigenvalue weighted by molar-refractivity contribution is 7.09. The van der Waals surface area contributed by atoms with Crippen molar-refractivity contribution in [3.05, 3.63) is 23.8 Å². The number of nitrogens with one attached hydrogen (secondary N) is 1. The van der Waals surface area contributed by atoms with E-state index in [1.807, 2.05) is 0 Å². The summed E-state index contributed by atoms with van der Waals surface area (Å²) in [5.41, 5.74) is 6.61. The second-order valence-electron chi connectivity index (χ2n) is 2.90. The molecule has 0 fully saturated rings. The van der Waals surface area contributed by atoms with Gasteiger partial charge in [0, 0.05) is 16.0 Å². The van der Waals surface area contributed by atoms with E-state index >= 15 is 0 Å². The SMILES string of the molecule is NCC(OP)c1ccc(O)c(NC=O)c1. The molecular weight excluding hydrogens is 215 g/mol. The Labute approximate surface area is 89.9 Å². The first-order chi connectivity index (χ1) is 7.22. The summed E-state index contributed by atoms with van der Waals surface area (Å²) in [5, 5.41) is 11.8. The quantitative estimate of drug-likeness (QED) is 0.394. The highest BCUT2D eigenvalue weighted by Gasteiger charge is 2.10. The van der Waals surface area contributed by atoms with Crippen LogP contribution in [0.25, 0.3) is 0 Å². The number of hydrogen-bond acceptors (Lipinski definition) is 4. The van der Waals surface area contributed by atoms with Crippen molar-refractivity contribution >= 4 is 21.6 Å². The third kappa shape index (κ3) is 2.89. The lowest BCUT2D eigenvalue weighted by molar-refractivity contribution is -0.105. The first kappa shape index (κ1) is 11.9. The Hall–Kier alpha value is -1.16. The highest BCUT2D eigenvalue weighted by Crippen LogP contribution is 2.28. The molecule has 1 rings (SSSR count). The summed E-state index contributed by atoms with van der Waals surface area (Å²) in [6, 6.07) is 4.78. The maximum Gasteiger partial charge on any atom is 0.211 e. The molecule has 1 aromatic rings. The number of aromatic hydroxyl groups is 1. The van der Waals surface area contributed by atoms with Crippen LogP contribution < -0.4 is 11.1 Å². The van der Waals surface area contributed by atoms with Gasteiger partial charge in [0.25, 0.3) is 0 Å². The van der Waals surface area contributed by atoms with Crippen LogP contribution >= 0.6 is 9.47 Å². The number of benzene rings is 1. The van der Waals surface area contributed by atoms with Gasteiger partial charge in [0.05, 0.1) is 11.8 Å². The molecule has 6 heteroatoms. The molecule has 15 heavy (non-hydrogen) atoms. The lowest BCUT2D eigenvalue weighted by Gasteiger charge is -2.14. The van der Waals surface area contributed by atoms with Crippen molar-refractivity contribution in [1.29, 1.82) is 0 Å². The maximum absolute atomic E-state index is 10.3. The van der Waals surface area contributed by atoms with Gasteiger partial charge >= 0.3 is 0 Å². The van der Waals surface area contributed by atoms with Crippen molar-refractivity contribution in [2.75, 3.05) is 11.9 Å². The summed E-state index contributed by atoms with van der Waals surface area (Å²) < 4.78 is 5.05. The fraction of sp³-hybridized carbons (Fsp3) is 0.222. The van der Waals surface area contributed by atoms with E-state index in [2.05, 4.69) is 14.8 Å². The molecule has 0 aliphatic heterocycles. The van der Waals surface area contributed by atoms with Crippen molar-refractivity contribution in [1.82, 2.24) is 0 Å². The number of carbonyl (C=O) groups is 1. The molecule has 1 aromatic carbocycles. The number of anilines is 1. The van der Waals surface area contributed by atoms with Crippen LogP contribution in [-0.4, -0.2) is 18.1 Å². The molecule has 82 valence electrons. The lowest BCUT2D eigenvalue weighted by Crippen LogP contribution is -2.12. The van der Waals surface area contributed by atoms with Crippen LogP contribution in [0.4, 0.5) is 5.69 Å². The van der Waals surface area contributed by atoms with Gasteiger partial charge in [0.15, 0.2) is 0 Å². The Morgan fingerprint density at radius 2 is 2.40 bits per heavy atom. The summed E-state index contributed by atoms with van der Waals surface area (Å²) >= 11 is 0. The predicted octanol–water partition coefficient (Wildman–Crippen LogP) is 0.767. The number of carbonyl (C=O) groups excluding carboxylic acids is 1. The average molecular weight is 228 g/mol. The van der Waals surface area contributed by atoms with Gasteiger partial charge in [0.1, 0.15) is 5.75 Å². The second-order valence-corrected chi connectivity index (χ2v) is 3.17. The number of nitrogens with two attached hydrogens (primary N) is 1. The molecule has 2 unspecified atom stereocenters. The molecule has 0 aliphatic rings. The zero-order valence-corrected chi connectivity index (χ0v) is 9.17. The van der Waals surface area contributed by atoms with Gasteiger partial charge in [0.2, 0.25) is 6.41 Å². The van der Waals surface area contributed by atoms with Crippen LogP contribution in [0, 0.1) is 0 Å². The normalized spacial score (nSPS) is 12.1. The van der Waals surface area contributed by atoms with E-state index in [0.717, 1.165) is 5.56 Å². The Bertz CT molecular complexity index is 342. The van der Waals surface area contributed by atoms with Gasteiger partial charge in [-0.05, 0) is 17.7 Å². The van der Waals surface area contributed by atoms with Crippen molar-refractivity contribution in [3.8, 4) is 5.75 Å². The van der Waals surface area contributed by atoms with E-state index in [4.69, 9.17) is 10.3 Å². The number of phenolic OH excluding ortho intramolecular Hbond substituents is 1. The van der Waals surface area contributed by atoms with Gasteiger partial charge in [-0.1, -0.05) is 6.07 Å². The van der Waals surface area contributed by atoms with Crippen LogP contribution in [0.2, 0.25) is 0 Å². The van der Waals surface area contributed by atoms with Gasteiger partial charge in [-0.3, -0.25) is 4.79 Å². The standard InChI is InChI=1S/C9H13N2O3P/c10-4-9(14-15)6-1-2-8(13)7(3-6)11-5-12/h1-3,5,9,13H,4,10,15H2,(H,11,12). The van der Waals surface area contributed by atoms with Gasteiger partial charge in [-0.2, -0.15) is 0 Å². The largest absolute Gasteiger partial charge is 0.506 e. The fourth-order valence-electron chi connectivity index (χ4n) is 1.20. The molecule has 5 nitrogen and oxygen atoms in total. The molecule has 0 saturated carbocycles. The van der Waals surface area contributed by atoms with E-state index in [1.54, 1.807) is 12.1 Å². The second kappa shape index (κ2) is 5.66.